The van der Waals surface area contributed by atoms with Gasteiger partial charge in [0, 0.05) is 31.0 Å². The quantitative estimate of drug-likeness (QED) is 0.343. The van der Waals surface area contributed by atoms with Crippen molar-refractivity contribution in [2.45, 2.75) is 13.8 Å². The second kappa shape index (κ2) is 8.21. The molecule has 0 fully saturated rings. The monoisotopic (exact) mass is 296 g/mol. The Balaban J connectivity index is 2.72. The third kappa shape index (κ3) is 5.39. The highest BCUT2D eigenvalue weighted by atomic mass is 16.6. The van der Waals surface area contributed by atoms with Crippen LogP contribution >= 0.6 is 0 Å². The number of nitrogens with one attached hydrogen (secondary N) is 1. The fraction of sp³-hybridized carbons (Fsp3) is 0.500. The Bertz CT molecular complexity index is 502. The molecule has 0 aliphatic rings. The number of nitro groups is 1. The van der Waals surface area contributed by atoms with Crippen LogP contribution in [0.4, 0.5) is 11.4 Å². The fourth-order valence-electron chi connectivity index (χ4n) is 1.66. The zero-order chi connectivity index (χ0) is 15.8. The Labute approximate surface area is 123 Å². The van der Waals surface area contributed by atoms with E-state index in [0.29, 0.717) is 31.4 Å². The maximum atomic E-state index is 11.7. The number of nitrogens with zero attached hydrogens (tertiary/aromatic N) is 1. The minimum atomic E-state index is -0.621. The standard InChI is InChI=1S/C14H20N2O5/c1-10(2)9-21-7-6-15-13-5-4-11(16(18)19)8-12(13)14(17)20-3/h4-5,8,10,15H,6-7,9H2,1-3H3. The highest BCUT2D eigenvalue weighted by molar-refractivity contribution is 5.96. The molecule has 1 rings (SSSR count). The highest BCUT2D eigenvalue weighted by Gasteiger charge is 2.16. The number of hydrogen-bond acceptors (Lipinski definition) is 6. The molecule has 21 heavy (non-hydrogen) atoms. The summed E-state index contributed by atoms with van der Waals surface area (Å²) in [6.45, 7) is 5.74. The molecule has 0 saturated heterocycles. The van der Waals surface area contributed by atoms with E-state index < -0.39 is 10.9 Å². The number of non-ortho nitro benzene ring substituents is 1. The molecular weight excluding hydrogens is 276 g/mol. The van der Waals surface area contributed by atoms with Crippen molar-refractivity contribution in [3.63, 3.8) is 0 Å². The van der Waals surface area contributed by atoms with Crippen molar-refractivity contribution in [3.8, 4) is 0 Å². The summed E-state index contributed by atoms with van der Waals surface area (Å²) in [4.78, 5) is 21.9. The van der Waals surface area contributed by atoms with E-state index >= 15 is 0 Å². The van der Waals surface area contributed by atoms with Crippen LogP contribution in [0.3, 0.4) is 0 Å². The van der Waals surface area contributed by atoms with Crippen molar-refractivity contribution in [3.05, 3.63) is 33.9 Å². The molecule has 0 aliphatic carbocycles. The number of anilines is 1. The smallest absolute Gasteiger partial charge is 0.340 e. The average Bonchev–Trinajstić information content (AvgIpc) is 2.45. The van der Waals surface area contributed by atoms with E-state index in [9.17, 15) is 14.9 Å². The van der Waals surface area contributed by atoms with Gasteiger partial charge >= 0.3 is 5.97 Å². The van der Waals surface area contributed by atoms with E-state index in [0.717, 1.165) is 0 Å². The number of carbonyl (C=O) groups excluding carboxylic acids is 1. The summed E-state index contributed by atoms with van der Waals surface area (Å²) >= 11 is 0. The van der Waals surface area contributed by atoms with Gasteiger partial charge in [0.2, 0.25) is 0 Å². The first-order valence-electron chi connectivity index (χ1n) is 6.64. The number of benzene rings is 1. The van der Waals surface area contributed by atoms with Gasteiger partial charge in [-0.1, -0.05) is 13.8 Å². The van der Waals surface area contributed by atoms with Crippen LogP contribution in [0.1, 0.15) is 24.2 Å². The van der Waals surface area contributed by atoms with Gasteiger partial charge in [0.25, 0.3) is 5.69 Å². The molecule has 1 aromatic carbocycles. The first-order chi connectivity index (χ1) is 9.95. The second-order valence-corrected chi connectivity index (χ2v) is 4.87. The minimum absolute atomic E-state index is 0.135. The number of ether oxygens (including phenoxy) is 2. The zero-order valence-corrected chi connectivity index (χ0v) is 12.4. The molecule has 0 unspecified atom stereocenters. The van der Waals surface area contributed by atoms with Crippen molar-refractivity contribution in [2.75, 3.05) is 32.2 Å². The van der Waals surface area contributed by atoms with Crippen LogP contribution in [-0.2, 0) is 9.47 Å². The maximum Gasteiger partial charge on any atom is 0.340 e. The molecule has 7 heteroatoms. The van der Waals surface area contributed by atoms with E-state index in [2.05, 4.69) is 23.9 Å². The lowest BCUT2D eigenvalue weighted by Gasteiger charge is -2.11. The highest BCUT2D eigenvalue weighted by Crippen LogP contribution is 2.22. The van der Waals surface area contributed by atoms with Crippen molar-refractivity contribution >= 4 is 17.3 Å². The summed E-state index contributed by atoms with van der Waals surface area (Å²) in [6.07, 6.45) is 0. The number of carbonyl (C=O) groups is 1. The average molecular weight is 296 g/mol. The summed E-state index contributed by atoms with van der Waals surface area (Å²) in [5.74, 6) is -0.167. The van der Waals surface area contributed by atoms with Crippen LogP contribution in [0, 0.1) is 16.0 Å². The largest absolute Gasteiger partial charge is 0.465 e. The Morgan fingerprint density at radius 2 is 2.14 bits per heavy atom. The number of esters is 1. The molecule has 1 N–H and O–H groups in total. The van der Waals surface area contributed by atoms with Crippen LogP contribution in [0.2, 0.25) is 0 Å². The predicted octanol–water partition coefficient (Wildman–Crippen LogP) is 2.47. The Morgan fingerprint density at radius 3 is 2.71 bits per heavy atom. The van der Waals surface area contributed by atoms with Crippen LogP contribution in [0.15, 0.2) is 18.2 Å². The zero-order valence-electron chi connectivity index (χ0n) is 12.4. The van der Waals surface area contributed by atoms with Crippen LogP contribution < -0.4 is 5.32 Å². The number of hydrogen-bond donors (Lipinski definition) is 1. The molecule has 0 bridgehead atoms. The van der Waals surface area contributed by atoms with Crippen molar-refractivity contribution in [1.29, 1.82) is 0 Å². The molecule has 0 aromatic heterocycles. The molecule has 0 saturated carbocycles. The lowest BCUT2D eigenvalue weighted by atomic mass is 10.1. The third-order valence-corrected chi connectivity index (χ3v) is 2.63. The van der Waals surface area contributed by atoms with Gasteiger partial charge in [-0.3, -0.25) is 10.1 Å². The Kier molecular flexibility index (Phi) is 6.61. The summed E-state index contributed by atoms with van der Waals surface area (Å²) in [5, 5.41) is 13.8. The normalized spacial score (nSPS) is 10.5. The van der Waals surface area contributed by atoms with Crippen molar-refractivity contribution in [2.24, 2.45) is 5.92 Å². The molecule has 0 spiro atoms. The van der Waals surface area contributed by atoms with E-state index in [-0.39, 0.29) is 11.3 Å². The van der Waals surface area contributed by atoms with Crippen molar-refractivity contribution < 1.29 is 19.2 Å². The van der Waals surface area contributed by atoms with Gasteiger partial charge in [-0.25, -0.2) is 4.79 Å². The topological polar surface area (TPSA) is 90.7 Å². The molecule has 116 valence electrons. The van der Waals surface area contributed by atoms with Crippen LogP contribution in [0.5, 0.6) is 0 Å². The summed E-state index contributed by atoms with van der Waals surface area (Å²) in [6, 6.07) is 4.03. The molecule has 7 nitrogen and oxygen atoms in total. The fourth-order valence-corrected chi connectivity index (χ4v) is 1.66. The molecule has 0 aliphatic heterocycles. The summed E-state index contributed by atoms with van der Waals surface area (Å²) in [7, 11) is 1.23. The van der Waals surface area contributed by atoms with E-state index in [1.807, 2.05) is 0 Å². The van der Waals surface area contributed by atoms with Gasteiger partial charge in [-0.05, 0) is 12.0 Å². The molecule has 0 amide bonds. The van der Waals surface area contributed by atoms with Gasteiger partial charge in [-0.2, -0.15) is 0 Å². The Hall–Kier alpha value is -2.15. The number of methoxy groups -OCH3 is 1. The van der Waals surface area contributed by atoms with Crippen LogP contribution in [-0.4, -0.2) is 37.8 Å². The van der Waals surface area contributed by atoms with E-state index in [1.165, 1.54) is 25.3 Å². The lowest BCUT2D eigenvalue weighted by molar-refractivity contribution is -0.384. The number of nitro benzene ring substituents is 1. The molecular formula is C14H20N2O5. The molecule has 0 radical (unpaired) electrons. The van der Waals surface area contributed by atoms with Gasteiger partial charge in [0.05, 0.1) is 24.2 Å². The molecule has 0 heterocycles. The Morgan fingerprint density at radius 1 is 1.43 bits per heavy atom. The SMILES string of the molecule is COC(=O)c1cc([N+](=O)[O-])ccc1NCCOCC(C)C. The summed E-state index contributed by atoms with van der Waals surface area (Å²) in [5.41, 5.74) is 0.466. The van der Waals surface area contributed by atoms with E-state index in [1.54, 1.807) is 0 Å². The van der Waals surface area contributed by atoms with Gasteiger partial charge in [-0.15, -0.1) is 0 Å². The maximum absolute atomic E-state index is 11.7. The first kappa shape index (κ1) is 16.9. The minimum Gasteiger partial charge on any atom is -0.465 e. The second-order valence-electron chi connectivity index (χ2n) is 4.87. The molecule has 1 aromatic rings. The summed E-state index contributed by atoms with van der Waals surface area (Å²) < 4.78 is 10.1. The third-order valence-electron chi connectivity index (χ3n) is 2.63. The lowest BCUT2D eigenvalue weighted by Crippen LogP contribution is -2.14. The van der Waals surface area contributed by atoms with Gasteiger partial charge in [0.1, 0.15) is 0 Å². The van der Waals surface area contributed by atoms with Gasteiger partial charge < -0.3 is 14.8 Å². The van der Waals surface area contributed by atoms with Crippen molar-refractivity contribution in [1.82, 2.24) is 0 Å². The number of rotatable bonds is 8. The first-order valence-corrected chi connectivity index (χ1v) is 6.64. The molecule has 0 atom stereocenters. The predicted molar refractivity (Wildman–Crippen MR) is 78.6 cm³/mol. The van der Waals surface area contributed by atoms with Crippen LogP contribution in [0.25, 0.3) is 0 Å². The van der Waals surface area contributed by atoms with Gasteiger partial charge in [0.15, 0.2) is 0 Å². The van der Waals surface area contributed by atoms with E-state index in [4.69, 9.17) is 4.74 Å².